The minimum Gasteiger partial charge on any atom is -0.444 e. The van der Waals surface area contributed by atoms with Crippen LogP contribution in [0.15, 0.2) is 30.3 Å². The normalized spacial score (nSPS) is 13.5. The molecule has 0 saturated carbocycles. The fraction of sp³-hybridized carbons (Fsp3) is 0.533. The summed E-state index contributed by atoms with van der Waals surface area (Å²) in [7, 11) is -3.69. The summed E-state index contributed by atoms with van der Waals surface area (Å²) in [6.45, 7) is 6.74. The molecule has 1 rings (SSSR count). The number of alkyl carbamates (subject to hydrolysis) is 1. The molecule has 0 fully saturated rings. The lowest BCUT2D eigenvalue weighted by molar-refractivity contribution is 0.0494. The number of carbonyl (C=O) groups is 1. The molecule has 7 heteroatoms. The Hall–Kier alpha value is -1.60. The first kappa shape index (κ1) is 18.4. The van der Waals surface area contributed by atoms with Crippen molar-refractivity contribution in [2.45, 2.75) is 45.1 Å². The second-order valence-electron chi connectivity index (χ2n) is 6.02. The highest BCUT2D eigenvalue weighted by Crippen LogP contribution is 2.09. The van der Waals surface area contributed by atoms with E-state index in [-0.39, 0.29) is 12.4 Å². The van der Waals surface area contributed by atoms with Gasteiger partial charge in [0.05, 0.1) is 12.6 Å². The maximum Gasteiger partial charge on any atom is 0.407 e. The van der Waals surface area contributed by atoms with Crippen molar-refractivity contribution in [3.8, 4) is 0 Å². The van der Waals surface area contributed by atoms with Crippen molar-refractivity contribution in [1.82, 2.24) is 5.32 Å². The summed E-state index contributed by atoms with van der Waals surface area (Å²) in [6, 6.07) is 8.27. The number of hydrogen-bond donors (Lipinski definition) is 1. The molecule has 0 aliphatic rings. The molecular weight excluding hydrogens is 306 g/mol. The van der Waals surface area contributed by atoms with Gasteiger partial charge >= 0.3 is 6.09 Å². The molecule has 0 unspecified atom stereocenters. The molecule has 22 heavy (non-hydrogen) atoms. The zero-order valence-corrected chi connectivity index (χ0v) is 14.1. The second-order valence-corrected chi connectivity index (χ2v) is 7.66. The number of carbonyl (C=O) groups excluding carboxylic acids is 1. The summed E-state index contributed by atoms with van der Waals surface area (Å²) >= 11 is 0. The predicted octanol–water partition coefficient (Wildman–Crippen LogP) is 2.45. The van der Waals surface area contributed by atoms with E-state index in [1.54, 1.807) is 52.0 Å². The maximum absolute atomic E-state index is 11.9. The summed E-state index contributed by atoms with van der Waals surface area (Å²) < 4.78 is 33.7. The largest absolute Gasteiger partial charge is 0.444 e. The minimum absolute atomic E-state index is 0.144. The van der Waals surface area contributed by atoms with Crippen molar-refractivity contribution in [3.63, 3.8) is 0 Å². The number of nitrogens with one attached hydrogen (secondary N) is 1. The van der Waals surface area contributed by atoms with Gasteiger partial charge in [-0.3, -0.25) is 4.18 Å². The lowest BCUT2D eigenvalue weighted by Gasteiger charge is -2.21. The monoisotopic (exact) mass is 329 g/mol. The quantitative estimate of drug-likeness (QED) is 0.811. The van der Waals surface area contributed by atoms with E-state index in [0.29, 0.717) is 5.56 Å². The summed E-state index contributed by atoms with van der Waals surface area (Å²) in [5, 5.41) is 2.52. The van der Waals surface area contributed by atoms with Gasteiger partial charge in [0.2, 0.25) is 0 Å². The van der Waals surface area contributed by atoms with E-state index in [0.717, 1.165) is 0 Å². The van der Waals surface area contributed by atoms with Crippen LogP contribution < -0.4 is 5.32 Å². The minimum atomic E-state index is -3.69. The van der Waals surface area contributed by atoms with Gasteiger partial charge in [0.15, 0.2) is 0 Å². The van der Waals surface area contributed by atoms with Gasteiger partial charge in [0.1, 0.15) is 11.4 Å². The van der Waals surface area contributed by atoms with Crippen LogP contribution in [0.5, 0.6) is 0 Å². The molecule has 0 aliphatic carbocycles. The summed E-state index contributed by atoms with van der Waals surface area (Å²) in [4.78, 5) is 11.5. The standard InChI is InChI=1S/C15H23NO5S/c1-12(16-14(17)21-15(2,3)4)10-20-22(18,19)11-13-8-6-5-7-9-13/h5-9,12H,10-11H2,1-4H3,(H,16,17)/t12-/m0/s1. The van der Waals surface area contributed by atoms with Crippen LogP contribution in [-0.4, -0.2) is 32.8 Å². The molecule has 0 radical (unpaired) electrons. The average Bonchev–Trinajstić information content (AvgIpc) is 2.35. The van der Waals surface area contributed by atoms with Crippen molar-refractivity contribution in [2.24, 2.45) is 0 Å². The van der Waals surface area contributed by atoms with Gasteiger partial charge in [-0.2, -0.15) is 8.42 Å². The molecule has 0 bridgehead atoms. The zero-order chi connectivity index (χ0) is 16.8. The van der Waals surface area contributed by atoms with Crippen LogP contribution >= 0.6 is 0 Å². The van der Waals surface area contributed by atoms with Crippen molar-refractivity contribution in [2.75, 3.05) is 6.61 Å². The fourth-order valence-electron chi connectivity index (χ4n) is 1.58. The van der Waals surface area contributed by atoms with Gasteiger partial charge < -0.3 is 10.1 Å². The molecule has 1 atom stereocenters. The third-order valence-electron chi connectivity index (χ3n) is 2.45. The average molecular weight is 329 g/mol. The smallest absolute Gasteiger partial charge is 0.407 e. The van der Waals surface area contributed by atoms with Gasteiger partial charge in [-0.15, -0.1) is 0 Å². The van der Waals surface area contributed by atoms with Crippen LogP contribution in [0.3, 0.4) is 0 Å². The number of benzene rings is 1. The first-order chi connectivity index (χ1) is 10.1. The van der Waals surface area contributed by atoms with Crippen molar-refractivity contribution >= 4 is 16.2 Å². The third kappa shape index (κ3) is 7.99. The Morgan fingerprint density at radius 3 is 2.36 bits per heavy atom. The Labute approximate surface area is 131 Å². The van der Waals surface area contributed by atoms with Crippen molar-refractivity contribution in [3.05, 3.63) is 35.9 Å². The van der Waals surface area contributed by atoms with E-state index in [1.165, 1.54) is 0 Å². The van der Waals surface area contributed by atoms with Gasteiger partial charge in [-0.05, 0) is 33.3 Å². The Balaban J connectivity index is 2.42. The maximum atomic E-state index is 11.9. The summed E-state index contributed by atoms with van der Waals surface area (Å²) in [5.74, 6) is -0.201. The van der Waals surface area contributed by atoms with Crippen molar-refractivity contribution in [1.29, 1.82) is 0 Å². The van der Waals surface area contributed by atoms with Crippen LogP contribution in [0.1, 0.15) is 33.3 Å². The Morgan fingerprint density at radius 2 is 1.82 bits per heavy atom. The van der Waals surface area contributed by atoms with Gasteiger partial charge in [0, 0.05) is 0 Å². The van der Waals surface area contributed by atoms with Crippen LogP contribution in [0.4, 0.5) is 4.79 Å². The first-order valence-electron chi connectivity index (χ1n) is 6.98. The Morgan fingerprint density at radius 1 is 1.23 bits per heavy atom. The molecule has 1 aromatic rings. The third-order valence-corrected chi connectivity index (χ3v) is 3.63. The number of rotatable bonds is 6. The molecule has 1 aromatic carbocycles. The molecular formula is C15H23NO5S. The Kier molecular flexibility index (Phi) is 6.37. The van der Waals surface area contributed by atoms with Crippen molar-refractivity contribution < 1.29 is 22.1 Å². The number of ether oxygens (including phenoxy) is 1. The number of hydrogen-bond acceptors (Lipinski definition) is 5. The molecule has 0 aromatic heterocycles. The molecule has 0 heterocycles. The molecule has 6 nitrogen and oxygen atoms in total. The molecule has 0 saturated heterocycles. The fourth-order valence-corrected chi connectivity index (χ4v) is 2.67. The SMILES string of the molecule is C[C@@H](COS(=O)(=O)Cc1ccccc1)NC(=O)OC(C)(C)C. The molecule has 1 amide bonds. The highest BCUT2D eigenvalue weighted by molar-refractivity contribution is 7.85. The van der Waals surface area contributed by atoms with Gasteiger partial charge in [0.25, 0.3) is 10.1 Å². The Bertz CT molecular complexity index is 578. The summed E-state index contributed by atoms with van der Waals surface area (Å²) in [6.07, 6.45) is -0.607. The van der Waals surface area contributed by atoms with E-state index >= 15 is 0 Å². The van der Waals surface area contributed by atoms with Crippen LogP contribution in [0.2, 0.25) is 0 Å². The van der Waals surface area contributed by atoms with Crippen LogP contribution in [-0.2, 0) is 24.8 Å². The molecule has 0 spiro atoms. The highest BCUT2D eigenvalue weighted by Gasteiger charge is 2.19. The highest BCUT2D eigenvalue weighted by atomic mass is 32.2. The zero-order valence-electron chi connectivity index (χ0n) is 13.3. The lowest BCUT2D eigenvalue weighted by atomic mass is 10.2. The van der Waals surface area contributed by atoms with E-state index in [4.69, 9.17) is 8.92 Å². The lowest BCUT2D eigenvalue weighted by Crippen LogP contribution is -2.40. The number of amides is 1. The topological polar surface area (TPSA) is 81.7 Å². The molecule has 1 N–H and O–H groups in total. The van der Waals surface area contributed by atoms with Crippen LogP contribution in [0.25, 0.3) is 0 Å². The van der Waals surface area contributed by atoms with E-state index in [9.17, 15) is 13.2 Å². The van der Waals surface area contributed by atoms with Gasteiger partial charge in [-0.1, -0.05) is 30.3 Å². The van der Waals surface area contributed by atoms with E-state index < -0.39 is 27.9 Å². The first-order valence-corrected chi connectivity index (χ1v) is 8.56. The molecule has 0 aliphatic heterocycles. The van der Waals surface area contributed by atoms with E-state index in [2.05, 4.69) is 5.32 Å². The van der Waals surface area contributed by atoms with Crippen LogP contribution in [0, 0.1) is 0 Å². The van der Waals surface area contributed by atoms with E-state index in [1.807, 2.05) is 6.07 Å². The van der Waals surface area contributed by atoms with Gasteiger partial charge in [-0.25, -0.2) is 4.79 Å². The molecule has 124 valence electrons. The predicted molar refractivity (Wildman–Crippen MR) is 83.8 cm³/mol. The summed E-state index contributed by atoms with van der Waals surface area (Å²) in [5.41, 5.74) is 0.0413. The second kappa shape index (κ2) is 7.60.